The molecule has 1 atom stereocenters. The fourth-order valence-electron chi connectivity index (χ4n) is 5.08. The monoisotopic (exact) mass is 465 g/mol. The first-order chi connectivity index (χ1) is 16.4. The first-order valence-electron chi connectivity index (χ1n) is 12.0. The Hall–Kier alpha value is -3.06. The highest BCUT2D eigenvalue weighted by Crippen LogP contribution is 2.41. The number of rotatable bonds is 6. The quantitative estimate of drug-likeness (QED) is 0.676. The van der Waals surface area contributed by atoms with Crippen molar-refractivity contribution in [2.24, 2.45) is 17.0 Å². The van der Waals surface area contributed by atoms with Crippen molar-refractivity contribution in [3.8, 4) is 5.75 Å². The summed E-state index contributed by atoms with van der Waals surface area (Å²) in [7, 11) is 1.71. The van der Waals surface area contributed by atoms with Crippen molar-refractivity contribution in [2.75, 3.05) is 38.3 Å². The second-order valence-electron chi connectivity index (χ2n) is 9.72. The maximum absolute atomic E-state index is 13.5. The number of aliphatic hydroxyl groups excluding tert-OH is 1. The summed E-state index contributed by atoms with van der Waals surface area (Å²) in [4.78, 5) is 10.2. The van der Waals surface area contributed by atoms with Gasteiger partial charge in [-0.3, -0.25) is 0 Å². The molecule has 3 aliphatic heterocycles. The number of halogens is 1. The molecule has 0 spiro atoms. The van der Waals surface area contributed by atoms with E-state index in [1.165, 1.54) is 12.1 Å². The van der Waals surface area contributed by atoms with E-state index < -0.39 is 5.72 Å². The van der Waals surface area contributed by atoms with E-state index in [0.717, 1.165) is 60.3 Å². The molecular formula is C27H32FN3O3. The van der Waals surface area contributed by atoms with Gasteiger partial charge in [-0.2, -0.15) is 0 Å². The molecule has 6 nitrogen and oxygen atoms in total. The Labute approximate surface area is 200 Å². The van der Waals surface area contributed by atoms with Crippen LogP contribution in [0, 0.1) is 17.7 Å². The molecular weight excluding hydrogens is 433 g/mol. The Balaban J connectivity index is 1.40. The van der Waals surface area contributed by atoms with E-state index in [9.17, 15) is 9.50 Å². The van der Waals surface area contributed by atoms with E-state index in [1.54, 1.807) is 19.2 Å². The smallest absolute Gasteiger partial charge is 0.260 e. The molecule has 0 radical (unpaired) electrons. The lowest BCUT2D eigenvalue weighted by Crippen LogP contribution is -2.51. The van der Waals surface area contributed by atoms with Crippen LogP contribution in [0.2, 0.25) is 0 Å². The summed E-state index contributed by atoms with van der Waals surface area (Å²) in [5, 5.41) is 14.7. The van der Waals surface area contributed by atoms with Gasteiger partial charge >= 0.3 is 0 Å². The highest BCUT2D eigenvalue weighted by molar-refractivity contribution is 6.03. The fourth-order valence-corrected chi connectivity index (χ4v) is 5.08. The number of hydrogen-bond acceptors (Lipinski definition) is 6. The summed E-state index contributed by atoms with van der Waals surface area (Å²) >= 11 is 0. The van der Waals surface area contributed by atoms with E-state index in [4.69, 9.17) is 9.57 Å². The zero-order valence-corrected chi connectivity index (χ0v) is 20.0. The standard InChI is InChI=1S/C27H32FN3O3/c1-18(2)21-15-30(16-21)24-11-6-19(14-25(24)33-3)13-20-5-4-12-31-26(20)29-34-27(31,17-32)22-7-9-23(28)10-8-22/h6-11,13-14,18,21,32H,4-5,12,15-17H2,1-3H3/b20-13+. The number of piperidine rings is 1. The van der Waals surface area contributed by atoms with Crippen LogP contribution in [0.5, 0.6) is 5.75 Å². The van der Waals surface area contributed by atoms with E-state index >= 15 is 0 Å². The summed E-state index contributed by atoms with van der Waals surface area (Å²) in [5.41, 5.74) is 2.75. The molecule has 180 valence electrons. The number of ether oxygens (including phenoxy) is 1. The predicted octanol–water partition coefficient (Wildman–Crippen LogP) is 4.59. The van der Waals surface area contributed by atoms with Crippen LogP contribution >= 0.6 is 0 Å². The number of fused-ring (bicyclic) bond motifs is 1. The molecule has 2 fully saturated rings. The molecule has 2 aromatic carbocycles. The summed E-state index contributed by atoms with van der Waals surface area (Å²) in [5.74, 6) is 2.68. The van der Waals surface area contributed by atoms with Gasteiger partial charge in [0.25, 0.3) is 5.72 Å². The molecule has 1 unspecified atom stereocenters. The zero-order valence-electron chi connectivity index (χ0n) is 20.0. The van der Waals surface area contributed by atoms with E-state index in [1.807, 2.05) is 4.90 Å². The van der Waals surface area contributed by atoms with Crippen molar-refractivity contribution in [1.82, 2.24) is 4.90 Å². The molecule has 0 aromatic heterocycles. The molecule has 0 amide bonds. The Bertz CT molecular complexity index is 1110. The van der Waals surface area contributed by atoms with Gasteiger partial charge in [-0.1, -0.05) is 25.1 Å². The van der Waals surface area contributed by atoms with Gasteiger partial charge in [-0.05, 0) is 78.3 Å². The van der Waals surface area contributed by atoms with Gasteiger partial charge < -0.3 is 24.5 Å². The third-order valence-electron chi connectivity index (χ3n) is 7.34. The molecule has 2 saturated heterocycles. The third kappa shape index (κ3) is 3.82. The molecule has 0 aliphatic carbocycles. The molecule has 7 heteroatoms. The van der Waals surface area contributed by atoms with Gasteiger partial charge in [0.05, 0.1) is 12.8 Å². The highest BCUT2D eigenvalue weighted by atomic mass is 19.1. The summed E-state index contributed by atoms with van der Waals surface area (Å²) in [6, 6.07) is 12.4. The largest absolute Gasteiger partial charge is 0.495 e. The number of methoxy groups -OCH3 is 1. The van der Waals surface area contributed by atoms with Crippen LogP contribution in [0.25, 0.3) is 6.08 Å². The molecule has 0 bridgehead atoms. The number of oxime groups is 1. The van der Waals surface area contributed by atoms with Gasteiger partial charge in [0, 0.05) is 25.2 Å². The third-order valence-corrected chi connectivity index (χ3v) is 7.34. The average molecular weight is 466 g/mol. The molecule has 1 N–H and O–H groups in total. The lowest BCUT2D eigenvalue weighted by Gasteiger charge is -2.43. The number of nitrogens with zero attached hydrogens (tertiary/aromatic N) is 3. The fraction of sp³-hybridized carbons (Fsp3) is 0.444. The van der Waals surface area contributed by atoms with E-state index in [2.05, 4.69) is 48.2 Å². The van der Waals surface area contributed by atoms with Crippen LogP contribution in [-0.4, -0.2) is 49.2 Å². The van der Waals surface area contributed by atoms with Crippen molar-refractivity contribution in [1.29, 1.82) is 0 Å². The Morgan fingerprint density at radius 2 is 2.00 bits per heavy atom. The average Bonchev–Trinajstić information content (AvgIpc) is 3.20. The molecule has 34 heavy (non-hydrogen) atoms. The van der Waals surface area contributed by atoms with Crippen molar-refractivity contribution in [2.45, 2.75) is 32.4 Å². The molecule has 0 saturated carbocycles. The van der Waals surface area contributed by atoms with E-state index in [0.29, 0.717) is 18.0 Å². The van der Waals surface area contributed by atoms with Crippen LogP contribution in [0.15, 0.2) is 53.2 Å². The van der Waals surface area contributed by atoms with Crippen LogP contribution < -0.4 is 9.64 Å². The predicted molar refractivity (Wildman–Crippen MR) is 131 cm³/mol. The van der Waals surface area contributed by atoms with E-state index in [-0.39, 0.29) is 12.4 Å². The number of benzene rings is 2. The lowest BCUT2D eigenvalue weighted by atomic mass is 9.88. The molecule has 3 aliphatic rings. The van der Waals surface area contributed by atoms with Crippen LogP contribution in [0.1, 0.15) is 37.8 Å². The Kier molecular flexibility index (Phi) is 5.98. The summed E-state index contributed by atoms with van der Waals surface area (Å²) in [6.45, 7) is 7.09. The van der Waals surface area contributed by atoms with Crippen molar-refractivity contribution in [3.63, 3.8) is 0 Å². The van der Waals surface area contributed by atoms with Crippen LogP contribution in [0.4, 0.5) is 10.1 Å². The number of anilines is 1. The van der Waals surface area contributed by atoms with Crippen molar-refractivity contribution in [3.05, 3.63) is 65.0 Å². The van der Waals surface area contributed by atoms with Gasteiger partial charge in [0.15, 0.2) is 5.84 Å². The molecule has 3 heterocycles. The first kappa shape index (κ1) is 22.7. The molecule has 2 aromatic rings. The zero-order chi connectivity index (χ0) is 23.9. The van der Waals surface area contributed by atoms with Gasteiger partial charge in [-0.15, -0.1) is 0 Å². The first-order valence-corrected chi connectivity index (χ1v) is 12.0. The second kappa shape index (κ2) is 8.95. The topological polar surface area (TPSA) is 57.5 Å². The van der Waals surface area contributed by atoms with Crippen LogP contribution in [0.3, 0.4) is 0 Å². The normalized spacial score (nSPS) is 23.6. The van der Waals surface area contributed by atoms with Gasteiger partial charge in [0.2, 0.25) is 0 Å². The number of aliphatic hydroxyl groups is 1. The van der Waals surface area contributed by atoms with Crippen LogP contribution in [-0.2, 0) is 10.6 Å². The SMILES string of the molecule is COc1cc(/C=C2\CCCN3C2=NOC3(CO)c2ccc(F)cc2)ccc1N1CC(C(C)C)C1. The minimum Gasteiger partial charge on any atom is -0.495 e. The molecule has 5 rings (SSSR count). The lowest BCUT2D eigenvalue weighted by molar-refractivity contribution is -0.137. The number of hydrogen-bond donors (Lipinski definition) is 1. The number of amidine groups is 1. The van der Waals surface area contributed by atoms with Crippen molar-refractivity contribution < 1.29 is 19.1 Å². The Morgan fingerprint density at radius 3 is 2.68 bits per heavy atom. The highest BCUT2D eigenvalue weighted by Gasteiger charge is 2.49. The summed E-state index contributed by atoms with van der Waals surface area (Å²) < 4.78 is 19.2. The minimum atomic E-state index is -1.13. The maximum Gasteiger partial charge on any atom is 0.260 e. The summed E-state index contributed by atoms with van der Waals surface area (Å²) in [6.07, 6.45) is 3.87. The maximum atomic E-state index is 13.5. The van der Waals surface area contributed by atoms with Crippen molar-refractivity contribution >= 4 is 17.6 Å². The minimum absolute atomic E-state index is 0.283. The van der Waals surface area contributed by atoms with Gasteiger partial charge in [-0.25, -0.2) is 4.39 Å². The van der Waals surface area contributed by atoms with Gasteiger partial charge in [0.1, 0.15) is 18.2 Å². The Morgan fingerprint density at radius 1 is 1.24 bits per heavy atom. The second-order valence-corrected chi connectivity index (χ2v) is 9.72.